The number of carbonyl (C=O) groups is 1. The van der Waals surface area contributed by atoms with Crippen molar-refractivity contribution >= 4 is 32.3 Å². The lowest BCUT2D eigenvalue weighted by Gasteiger charge is -2.16. The molecule has 0 saturated carbocycles. The van der Waals surface area contributed by atoms with Crippen molar-refractivity contribution < 1.29 is 17.9 Å². The van der Waals surface area contributed by atoms with E-state index in [4.69, 9.17) is 4.74 Å². The van der Waals surface area contributed by atoms with E-state index < -0.39 is 9.84 Å². The van der Waals surface area contributed by atoms with Gasteiger partial charge in [0.05, 0.1) is 23.2 Å². The molecular formula is C23H27N3O4S. The number of amides is 1. The average Bonchev–Trinajstić information content (AvgIpc) is 3.29. The van der Waals surface area contributed by atoms with E-state index in [1.165, 1.54) is 0 Å². The smallest absolute Gasteiger partial charge is 0.263 e. The van der Waals surface area contributed by atoms with Gasteiger partial charge in [-0.05, 0) is 17.9 Å². The van der Waals surface area contributed by atoms with Gasteiger partial charge in [0.25, 0.3) is 5.91 Å². The zero-order valence-corrected chi connectivity index (χ0v) is 18.8. The summed E-state index contributed by atoms with van der Waals surface area (Å²) in [4.78, 5) is 12.7. The molecule has 1 atom stereocenters. The van der Waals surface area contributed by atoms with E-state index >= 15 is 0 Å². The summed E-state index contributed by atoms with van der Waals surface area (Å²) in [6.07, 6.45) is 0.489. The first-order chi connectivity index (χ1) is 14.6. The van der Waals surface area contributed by atoms with Gasteiger partial charge in [-0.25, -0.2) is 13.1 Å². The molecule has 0 bridgehead atoms. The third-order valence-electron chi connectivity index (χ3n) is 5.43. The molecule has 1 fully saturated rings. The molecule has 164 valence electrons. The van der Waals surface area contributed by atoms with Crippen molar-refractivity contribution in [3.8, 4) is 5.75 Å². The summed E-state index contributed by atoms with van der Waals surface area (Å²) in [7, 11) is -3.08. The molecule has 2 aromatic carbocycles. The topological polar surface area (TPSA) is 90.3 Å². The van der Waals surface area contributed by atoms with Gasteiger partial charge in [-0.15, -0.1) is 0 Å². The molecule has 8 heteroatoms. The Morgan fingerprint density at radius 1 is 1.19 bits per heavy atom. The highest BCUT2D eigenvalue weighted by Gasteiger charge is 2.32. The molecule has 2 heterocycles. The minimum atomic E-state index is -3.08. The van der Waals surface area contributed by atoms with Crippen LogP contribution in [0.5, 0.6) is 5.75 Å². The summed E-state index contributed by atoms with van der Waals surface area (Å²) in [5, 5.41) is 9.48. The number of nitrogens with zero attached hydrogens (tertiary/aromatic N) is 2. The van der Waals surface area contributed by atoms with Gasteiger partial charge in [-0.1, -0.05) is 57.2 Å². The second-order valence-electron chi connectivity index (χ2n) is 8.98. The number of fused-ring (bicyclic) bond motifs is 1. The first-order valence-corrected chi connectivity index (χ1v) is 12.2. The number of rotatable bonds is 5. The molecule has 4 rings (SSSR count). The van der Waals surface area contributed by atoms with Crippen molar-refractivity contribution in [3.05, 3.63) is 54.2 Å². The van der Waals surface area contributed by atoms with Gasteiger partial charge in [0.1, 0.15) is 11.6 Å². The second kappa shape index (κ2) is 8.00. The minimum absolute atomic E-state index is 0.0354. The van der Waals surface area contributed by atoms with Crippen molar-refractivity contribution in [2.45, 2.75) is 38.6 Å². The predicted molar refractivity (Wildman–Crippen MR) is 121 cm³/mol. The number of hydrogen-bond acceptors (Lipinski definition) is 5. The summed E-state index contributed by atoms with van der Waals surface area (Å²) in [6.45, 7) is 5.92. The largest absolute Gasteiger partial charge is 0.483 e. The van der Waals surface area contributed by atoms with Gasteiger partial charge in [0.15, 0.2) is 16.4 Å². The van der Waals surface area contributed by atoms with Crippen LogP contribution in [0.2, 0.25) is 0 Å². The van der Waals surface area contributed by atoms with E-state index in [1.807, 2.05) is 69.3 Å². The lowest BCUT2D eigenvalue weighted by atomic mass is 9.92. The molecular weight excluding hydrogens is 414 g/mol. The van der Waals surface area contributed by atoms with Gasteiger partial charge < -0.3 is 10.1 Å². The number of carbonyl (C=O) groups excluding carboxylic acids is 1. The normalized spacial score (nSPS) is 18.2. The van der Waals surface area contributed by atoms with Crippen LogP contribution in [0.1, 0.15) is 38.9 Å². The predicted octanol–water partition coefficient (Wildman–Crippen LogP) is 3.71. The highest BCUT2D eigenvalue weighted by Crippen LogP contribution is 2.31. The number of ether oxygens (including phenoxy) is 1. The maximum atomic E-state index is 12.7. The summed E-state index contributed by atoms with van der Waals surface area (Å²) in [6, 6.07) is 15.1. The van der Waals surface area contributed by atoms with Crippen molar-refractivity contribution in [2.75, 3.05) is 23.4 Å². The number of nitrogens with one attached hydrogen (secondary N) is 1. The zero-order valence-electron chi connectivity index (χ0n) is 18.0. The molecule has 0 spiro atoms. The van der Waals surface area contributed by atoms with Crippen LogP contribution in [-0.4, -0.2) is 42.2 Å². The number of benzene rings is 2. The van der Waals surface area contributed by atoms with E-state index in [0.29, 0.717) is 18.0 Å². The summed E-state index contributed by atoms with van der Waals surface area (Å²) in [5.41, 5.74) is 0.559. The van der Waals surface area contributed by atoms with Crippen LogP contribution in [-0.2, 0) is 20.0 Å². The van der Waals surface area contributed by atoms with Crippen LogP contribution in [0.3, 0.4) is 0 Å². The van der Waals surface area contributed by atoms with Crippen molar-refractivity contribution in [2.24, 2.45) is 0 Å². The first-order valence-electron chi connectivity index (χ1n) is 10.3. The van der Waals surface area contributed by atoms with E-state index in [9.17, 15) is 13.2 Å². The Morgan fingerprint density at radius 2 is 1.94 bits per heavy atom. The number of aromatic nitrogens is 2. The Morgan fingerprint density at radius 3 is 2.65 bits per heavy atom. The van der Waals surface area contributed by atoms with E-state index in [2.05, 4.69) is 10.4 Å². The molecule has 0 radical (unpaired) electrons. The SMILES string of the molecule is CC(C)(C)c1cc(NC(=O)COc2cccc3ccccc23)n([C@@H]2CCS(=O)(=O)C2)n1. The maximum absolute atomic E-state index is 12.7. The molecule has 1 saturated heterocycles. The Balaban J connectivity index is 1.52. The highest BCUT2D eigenvalue weighted by atomic mass is 32.2. The summed E-state index contributed by atoms with van der Waals surface area (Å²) in [5.74, 6) is 0.987. The Labute approximate surface area is 182 Å². The molecule has 1 aliphatic heterocycles. The fourth-order valence-electron chi connectivity index (χ4n) is 3.74. The second-order valence-corrected chi connectivity index (χ2v) is 11.2. The van der Waals surface area contributed by atoms with Gasteiger partial charge in [0.2, 0.25) is 0 Å². The molecule has 1 N–H and O–H groups in total. The number of sulfone groups is 1. The Bertz CT molecular complexity index is 1220. The lowest BCUT2D eigenvalue weighted by Crippen LogP contribution is -2.24. The first kappa shape index (κ1) is 21.4. The van der Waals surface area contributed by atoms with Crippen LogP contribution in [0.25, 0.3) is 10.8 Å². The molecule has 31 heavy (non-hydrogen) atoms. The number of hydrogen-bond donors (Lipinski definition) is 1. The van der Waals surface area contributed by atoms with Crippen LogP contribution < -0.4 is 10.1 Å². The quantitative estimate of drug-likeness (QED) is 0.652. The summed E-state index contributed by atoms with van der Waals surface area (Å²) >= 11 is 0. The molecule has 0 aliphatic carbocycles. The van der Waals surface area contributed by atoms with Crippen LogP contribution in [0.15, 0.2) is 48.5 Å². The van der Waals surface area contributed by atoms with E-state index in [0.717, 1.165) is 16.5 Å². The standard InChI is InChI=1S/C23H27N3O4S/c1-23(2,3)20-13-21(26(25-20)17-11-12-31(28,29)15-17)24-22(27)14-30-19-10-6-8-16-7-4-5-9-18(16)19/h4-10,13,17H,11-12,14-15H2,1-3H3,(H,24,27)/t17-/m1/s1. The molecule has 3 aromatic rings. The van der Waals surface area contributed by atoms with Crippen molar-refractivity contribution in [1.82, 2.24) is 9.78 Å². The summed E-state index contributed by atoms with van der Waals surface area (Å²) < 4.78 is 31.4. The zero-order chi connectivity index (χ0) is 22.2. The van der Waals surface area contributed by atoms with Gasteiger partial charge in [-0.2, -0.15) is 5.10 Å². The molecule has 1 amide bonds. The van der Waals surface area contributed by atoms with Crippen LogP contribution in [0.4, 0.5) is 5.82 Å². The van der Waals surface area contributed by atoms with Crippen molar-refractivity contribution in [3.63, 3.8) is 0 Å². The van der Waals surface area contributed by atoms with Crippen molar-refractivity contribution in [1.29, 1.82) is 0 Å². The fraction of sp³-hybridized carbons (Fsp3) is 0.391. The Kier molecular flexibility index (Phi) is 5.51. The third-order valence-corrected chi connectivity index (χ3v) is 7.18. The van der Waals surface area contributed by atoms with Gasteiger partial charge in [0, 0.05) is 16.9 Å². The van der Waals surface area contributed by atoms with Gasteiger partial charge >= 0.3 is 0 Å². The minimum Gasteiger partial charge on any atom is -0.483 e. The number of anilines is 1. The molecule has 1 aliphatic rings. The third kappa shape index (κ3) is 4.74. The van der Waals surface area contributed by atoms with E-state index in [1.54, 1.807) is 4.68 Å². The molecule has 1 aromatic heterocycles. The highest BCUT2D eigenvalue weighted by molar-refractivity contribution is 7.91. The monoisotopic (exact) mass is 441 g/mol. The van der Waals surface area contributed by atoms with Gasteiger partial charge in [-0.3, -0.25) is 4.79 Å². The maximum Gasteiger partial charge on any atom is 0.263 e. The fourth-order valence-corrected chi connectivity index (χ4v) is 5.44. The molecule has 0 unspecified atom stereocenters. The molecule has 7 nitrogen and oxygen atoms in total. The average molecular weight is 442 g/mol. The Hall–Kier alpha value is -2.87. The lowest BCUT2D eigenvalue weighted by molar-refractivity contribution is -0.118. The van der Waals surface area contributed by atoms with Crippen LogP contribution >= 0.6 is 0 Å². The van der Waals surface area contributed by atoms with E-state index in [-0.39, 0.29) is 35.5 Å². The van der Waals surface area contributed by atoms with Crippen LogP contribution in [0, 0.1) is 0 Å².